The monoisotopic (exact) mass is 236 g/mol. The van der Waals surface area contributed by atoms with Gasteiger partial charge in [-0.1, -0.05) is 18.0 Å². The summed E-state index contributed by atoms with van der Waals surface area (Å²) < 4.78 is 0. The van der Waals surface area contributed by atoms with Gasteiger partial charge in [0.15, 0.2) is 0 Å². The van der Waals surface area contributed by atoms with Crippen LogP contribution in [0.25, 0.3) is 0 Å². The third kappa shape index (κ3) is 1.80. The van der Waals surface area contributed by atoms with Crippen molar-refractivity contribution in [1.82, 2.24) is 4.98 Å². The van der Waals surface area contributed by atoms with E-state index in [2.05, 4.69) is 16.0 Å². The maximum Gasteiger partial charge on any atom is 0.131 e. The number of anilines is 1. The van der Waals surface area contributed by atoms with Gasteiger partial charge in [0.2, 0.25) is 0 Å². The third-order valence-electron chi connectivity index (χ3n) is 4.04. The number of piperidine rings is 1. The van der Waals surface area contributed by atoms with E-state index in [1.807, 2.05) is 12.3 Å². The van der Waals surface area contributed by atoms with Crippen LogP contribution in [-0.2, 0) is 0 Å². The number of fused-ring (bicyclic) bond motifs is 1. The number of nitrogens with zero attached hydrogens (tertiary/aromatic N) is 2. The lowest BCUT2D eigenvalue weighted by molar-refractivity contribution is 0.362. The molecule has 1 aromatic heterocycles. The zero-order valence-electron chi connectivity index (χ0n) is 9.40. The van der Waals surface area contributed by atoms with E-state index in [-0.39, 0.29) is 0 Å². The van der Waals surface area contributed by atoms with E-state index in [1.54, 1.807) is 0 Å². The maximum absolute atomic E-state index is 5.97. The molecule has 1 saturated heterocycles. The molecule has 3 rings (SSSR count). The maximum atomic E-state index is 5.97. The summed E-state index contributed by atoms with van der Waals surface area (Å²) in [4.78, 5) is 6.61. The van der Waals surface area contributed by atoms with Crippen LogP contribution in [0.15, 0.2) is 18.3 Å². The predicted molar refractivity (Wildman–Crippen MR) is 67.0 cm³/mol. The highest BCUT2D eigenvalue weighted by molar-refractivity contribution is 6.29. The summed E-state index contributed by atoms with van der Waals surface area (Å²) in [6, 6.07) is 4.85. The minimum absolute atomic E-state index is 0.609. The topological polar surface area (TPSA) is 16.1 Å². The molecule has 1 saturated carbocycles. The second-order valence-electron chi connectivity index (χ2n) is 4.93. The van der Waals surface area contributed by atoms with Crippen molar-refractivity contribution < 1.29 is 0 Å². The summed E-state index contributed by atoms with van der Waals surface area (Å²) in [5.74, 6) is 0.917. The fourth-order valence-corrected chi connectivity index (χ4v) is 3.51. The van der Waals surface area contributed by atoms with Crippen molar-refractivity contribution in [2.45, 2.75) is 38.1 Å². The van der Waals surface area contributed by atoms with Crippen molar-refractivity contribution in [1.29, 1.82) is 0 Å². The third-order valence-corrected chi connectivity index (χ3v) is 4.24. The number of hydrogen-bond acceptors (Lipinski definition) is 2. The van der Waals surface area contributed by atoms with Gasteiger partial charge in [0.05, 0.1) is 0 Å². The Morgan fingerprint density at radius 3 is 3.00 bits per heavy atom. The van der Waals surface area contributed by atoms with Gasteiger partial charge in [0.1, 0.15) is 5.15 Å². The molecule has 0 amide bonds. The molecule has 2 aliphatic rings. The first kappa shape index (κ1) is 10.4. The second-order valence-corrected chi connectivity index (χ2v) is 5.32. The van der Waals surface area contributed by atoms with Gasteiger partial charge in [0, 0.05) is 24.5 Å². The zero-order chi connectivity index (χ0) is 11.0. The van der Waals surface area contributed by atoms with Crippen molar-refractivity contribution in [3.05, 3.63) is 23.5 Å². The molecule has 2 heterocycles. The Bertz CT molecular complexity index is 380. The van der Waals surface area contributed by atoms with Gasteiger partial charge in [-0.15, -0.1) is 0 Å². The summed E-state index contributed by atoms with van der Waals surface area (Å²) in [7, 11) is 0. The molecule has 0 spiro atoms. The molecule has 1 aromatic rings. The molecule has 0 bridgehead atoms. The van der Waals surface area contributed by atoms with Gasteiger partial charge in [-0.2, -0.15) is 0 Å². The number of aromatic nitrogens is 1. The minimum atomic E-state index is 0.609. The molecule has 1 aliphatic heterocycles. The van der Waals surface area contributed by atoms with Crippen LogP contribution >= 0.6 is 11.6 Å². The smallest absolute Gasteiger partial charge is 0.131 e. The number of pyridine rings is 1. The van der Waals surface area contributed by atoms with Gasteiger partial charge >= 0.3 is 0 Å². The van der Waals surface area contributed by atoms with Gasteiger partial charge in [-0.05, 0) is 43.7 Å². The quantitative estimate of drug-likeness (QED) is 0.694. The van der Waals surface area contributed by atoms with Crippen LogP contribution in [0.3, 0.4) is 0 Å². The fraction of sp³-hybridized carbons (Fsp3) is 0.615. The molecular formula is C13H17ClN2. The first-order chi connectivity index (χ1) is 7.84. The Morgan fingerprint density at radius 2 is 2.12 bits per heavy atom. The van der Waals surface area contributed by atoms with Crippen LogP contribution in [-0.4, -0.2) is 17.6 Å². The first-order valence-electron chi connectivity index (χ1n) is 6.23. The summed E-state index contributed by atoms with van der Waals surface area (Å²) in [5.41, 5.74) is 1.26. The van der Waals surface area contributed by atoms with Gasteiger partial charge in [-0.3, -0.25) is 0 Å². The van der Waals surface area contributed by atoms with Crippen LogP contribution in [0.4, 0.5) is 5.69 Å². The standard InChI is InChI=1S/C13H17ClN2/c14-13-9-11(6-7-15-13)16-8-2-4-10-3-1-5-12(10)16/h6-7,9-10,12H,1-5,8H2. The Morgan fingerprint density at radius 1 is 1.25 bits per heavy atom. The molecule has 1 aliphatic carbocycles. The summed E-state index contributed by atoms with van der Waals surface area (Å²) in [5, 5.41) is 0.609. The number of rotatable bonds is 1. The molecule has 86 valence electrons. The molecular weight excluding hydrogens is 220 g/mol. The fourth-order valence-electron chi connectivity index (χ4n) is 3.35. The van der Waals surface area contributed by atoms with Crippen molar-refractivity contribution >= 4 is 17.3 Å². The van der Waals surface area contributed by atoms with Gasteiger partial charge in [0.25, 0.3) is 0 Å². The van der Waals surface area contributed by atoms with Crippen LogP contribution in [0.2, 0.25) is 5.15 Å². The second kappa shape index (κ2) is 4.25. The predicted octanol–water partition coefficient (Wildman–Crippen LogP) is 3.50. The highest BCUT2D eigenvalue weighted by Gasteiger charge is 2.34. The lowest BCUT2D eigenvalue weighted by Crippen LogP contribution is -2.42. The minimum Gasteiger partial charge on any atom is -0.368 e. The van der Waals surface area contributed by atoms with Crippen LogP contribution in [0.1, 0.15) is 32.1 Å². The van der Waals surface area contributed by atoms with Gasteiger partial charge in [-0.25, -0.2) is 4.98 Å². The zero-order valence-corrected chi connectivity index (χ0v) is 10.2. The molecule has 0 radical (unpaired) electrons. The van der Waals surface area contributed by atoms with E-state index in [4.69, 9.17) is 11.6 Å². The molecule has 16 heavy (non-hydrogen) atoms. The SMILES string of the molecule is Clc1cc(N2CCCC3CCCC32)ccn1. The van der Waals surface area contributed by atoms with E-state index in [9.17, 15) is 0 Å². The van der Waals surface area contributed by atoms with E-state index in [0.29, 0.717) is 5.15 Å². The van der Waals surface area contributed by atoms with Crippen molar-refractivity contribution in [3.8, 4) is 0 Å². The molecule has 2 atom stereocenters. The van der Waals surface area contributed by atoms with E-state index >= 15 is 0 Å². The van der Waals surface area contributed by atoms with Crippen LogP contribution < -0.4 is 4.90 Å². The molecule has 2 unspecified atom stereocenters. The number of hydrogen-bond donors (Lipinski definition) is 0. The molecule has 3 heteroatoms. The number of halogens is 1. The van der Waals surface area contributed by atoms with Crippen LogP contribution in [0, 0.1) is 5.92 Å². The highest BCUT2D eigenvalue weighted by atomic mass is 35.5. The van der Waals surface area contributed by atoms with Gasteiger partial charge < -0.3 is 4.90 Å². The molecule has 2 fully saturated rings. The van der Waals surface area contributed by atoms with Crippen molar-refractivity contribution in [2.24, 2.45) is 5.92 Å². The van der Waals surface area contributed by atoms with E-state index in [1.165, 1.54) is 44.3 Å². The Balaban J connectivity index is 1.88. The molecule has 0 N–H and O–H groups in total. The average Bonchev–Trinajstić information content (AvgIpc) is 2.76. The molecule has 0 aromatic carbocycles. The average molecular weight is 237 g/mol. The largest absolute Gasteiger partial charge is 0.368 e. The lowest BCUT2D eigenvalue weighted by Gasteiger charge is -2.39. The Hall–Kier alpha value is -0.760. The summed E-state index contributed by atoms with van der Waals surface area (Å²) >= 11 is 5.97. The summed E-state index contributed by atoms with van der Waals surface area (Å²) in [6.45, 7) is 1.18. The van der Waals surface area contributed by atoms with E-state index in [0.717, 1.165) is 12.0 Å². The summed E-state index contributed by atoms with van der Waals surface area (Å²) in [6.07, 6.45) is 8.71. The normalized spacial score (nSPS) is 29.2. The Labute approximate surface area is 102 Å². The van der Waals surface area contributed by atoms with Crippen molar-refractivity contribution in [3.63, 3.8) is 0 Å². The molecule has 2 nitrogen and oxygen atoms in total. The van der Waals surface area contributed by atoms with Crippen molar-refractivity contribution in [2.75, 3.05) is 11.4 Å². The first-order valence-corrected chi connectivity index (χ1v) is 6.60. The van der Waals surface area contributed by atoms with Crippen LogP contribution in [0.5, 0.6) is 0 Å². The lowest BCUT2D eigenvalue weighted by atomic mass is 9.91. The Kier molecular flexibility index (Phi) is 2.76. The highest BCUT2D eigenvalue weighted by Crippen LogP contribution is 2.39. The van der Waals surface area contributed by atoms with E-state index < -0.39 is 0 Å².